The molecule has 25 heavy (non-hydrogen) atoms. The normalized spacial score (nSPS) is 16.4. The summed E-state index contributed by atoms with van der Waals surface area (Å²) in [5, 5.41) is 15.9. The molecule has 2 aromatic rings. The molecule has 0 atom stereocenters. The third kappa shape index (κ3) is 4.41. The van der Waals surface area contributed by atoms with E-state index in [9.17, 15) is 9.90 Å². The maximum absolute atomic E-state index is 12.6. The second kappa shape index (κ2) is 8.18. The second-order valence-electron chi connectivity index (χ2n) is 6.43. The van der Waals surface area contributed by atoms with Crippen LogP contribution < -0.4 is 10.6 Å². The zero-order valence-corrected chi connectivity index (χ0v) is 14.2. The molecule has 1 aliphatic heterocycles. The van der Waals surface area contributed by atoms with Crippen LogP contribution in [0.3, 0.4) is 0 Å². The van der Waals surface area contributed by atoms with Crippen molar-refractivity contribution in [2.24, 2.45) is 5.41 Å². The Balaban J connectivity index is 1.63. The fourth-order valence-corrected chi connectivity index (χ4v) is 2.99. The van der Waals surface area contributed by atoms with E-state index in [2.05, 4.69) is 10.6 Å². The van der Waals surface area contributed by atoms with E-state index in [0.29, 0.717) is 31.9 Å². The van der Waals surface area contributed by atoms with Crippen LogP contribution in [0.25, 0.3) is 0 Å². The predicted molar refractivity (Wildman–Crippen MR) is 94.4 cm³/mol. The van der Waals surface area contributed by atoms with E-state index in [1.54, 1.807) is 12.3 Å². The van der Waals surface area contributed by atoms with Crippen molar-refractivity contribution in [3.63, 3.8) is 0 Å². The quantitative estimate of drug-likeness (QED) is 0.718. The number of anilines is 1. The first-order chi connectivity index (χ1) is 12.2. The van der Waals surface area contributed by atoms with Gasteiger partial charge in [0.1, 0.15) is 5.76 Å². The highest BCUT2D eigenvalue weighted by molar-refractivity contribution is 5.99. The van der Waals surface area contributed by atoms with Gasteiger partial charge in [0.25, 0.3) is 5.91 Å². The summed E-state index contributed by atoms with van der Waals surface area (Å²) in [4.78, 5) is 12.6. The van der Waals surface area contributed by atoms with Crippen LogP contribution in [0.1, 0.15) is 29.0 Å². The van der Waals surface area contributed by atoms with Crippen molar-refractivity contribution in [1.82, 2.24) is 5.32 Å². The summed E-state index contributed by atoms with van der Waals surface area (Å²) in [5.74, 6) is 0.651. The topological polar surface area (TPSA) is 83.7 Å². The van der Waals surface area contributed by atoms with E-state index in [1.165, 1.54) is 0 Å². The molecule has 1 fully saturated rings. The third-order valence-electron chi connectivity index (χ3n) is 4.72. The number of nitrogens with one attached hydrogen (secondary N) is 2. The van der Waals surface area contributed by atoms with Gasteiger partial charge in [-0.25, -0.2) is 0 Å². The lowest BCUT2D eigenvalue weighted by Gasteiger charge is -2.35. The lowest BCUT2D eigenvalue weighted by atomic mass is 9.81. The van der Waals surface area contributed by atoms with Crippen molar-refractivity contribution in [2.45, 2.75) is 19.4 Å². The maximum atomic E-state index is 12.6. The van der Waals surface area contributed by atoms with E-state index in [-0.39, 0.29) is 17.9 Å². The summed E-state index contributed by atoms with van der Waals surface area (Å²) < 4.78 is 10.7. The van der Waals surface area contributed by atoms with Crippen LogP contribution in [0, 0.1) is 5.41 Å². The number of para-hydroxylation sites is 1. The first-order valence-electron chi connectivity index (χ1n) is 8.55. The Labute approximate surface area is 147 Å². The van der Waals surface area contributed by atoms with Crippen LogP contribution in [-0.4, -0.2) is 37.4 Å². The van der Waals surface area contributed by atoms with E-state index in [1.807, 2.05) is 30.3 Å². The Morgan fingerprint density at radius 3 is 2.68 bits per heavy atom. The van der Waals surface area contributed by atoms with Crippen LogP contribution in [0.5, 0.6) is 0 Å². The minimum atomic E-state index is -0.287. The molecule has 3 rings (SSSR count). The molecule has 0 bridgehead atoms. The average Bonchev–Trinajstić information content (AvgIpc) is 3.19. The van der Waals surface area contributed by atoms with Gasteiger partial charge >= 0.3 is 0 Å². The third-order valence-corrected chi connectivity index (χ3v) is 4.72. The van der Waals surface area contributed by atoms with Crippen LogP contribution in [0.15, 0.2) is 47.1 Å². The lowest BCUT2D eigenvalue weighted by Crippen LogP contribution is -2.43. The maximum Gasteiger partial charge on any atom is 0.253 e. The van der Waals surface area contributed by atoms with Crippen molar-refractivity contribution in [1.29, 1.82) is 0 Å². The molecule has 0 aliphatic carbocycles. The van der Waals surface area contributed by atoms with Gasteiger partial charge in [0, 0.05) is 30.9 Å². The number of hydrogen-bond acceptors (Lipinski definition) is 5. The first-order valence-corrected chi connectivity index (χ1v) is 8.55. The second-order valence-corrected chi connectivity index (χ2v) is 6.43. The van der Waals surface area contributed by atoms with Gasteiger partial charge in [-0.2, -0.15) is 0 Å². The van der Waals surface area contributed by atoms with Crippen molar-refractivity contribution in [2.75, 3.05) is 31.7 Å². The van der Waals surface area contributed by atoms with Crippen molar-refractivity contribution in [3.8, 4) is 0 Å². The SMILES string of the molecule is O=C(NCC1(CO)CCOCC1)c1ccccc1NCc1ccco1. The van der Waals surface area contributed by atoms with Crippen LogP contribution >= 0.6 is 0 Å². The number of aliphatic hydroxyl groups excluding tert-OH is 1. The number of carbonyl (C=O) groups excluding carboxylic acids is 1. The van der Waals surface area contributed by atoms with Gasteiger partial charge in [-0.1, -0.05) is 12.1 Å². The molecule has 1 aromatic heterocycles. The van der Waals surface area contributed by atoms with Gasteiger partial charge in [-0.15, -0.1) is 0 Å². The Morgan fingerprint density at radius 2 is 1.96 bits per heavy atom. The van der Waals surface area contributed by atoms with Gasteiger partial charge < -0.3 is 24.9 Å². The highest BCUT2D eigenvalue weighted by Crippen LogP contribution is 2.29. The van der Waals surface area contributed by atoms with Gasteiger partial charge in [0.05, 0.1) is 25.0 Å². The number of carbonyl (C=O) groups is 1. The molecule has 3 N–H and O–H groups in total. The Bertz CT molecular complexity index is 678. The molecule has 0 unspecified atom stereocenters. The van der Waals surface area contributed by atoms with E-state index >= 15 is 0 Å². The molecule has 1 aromatic carbocycles. The number of benzene rings is 1. The largest absolute Gasteiger partial charge is 0.467 e. The van der Waals surface area contributed by atoms with E-state index in [0.717, 1.165) is 24.3 Å². The molecule has 2 heterocycles. The van der Waals surface area contributed by atoms with Gasteiger partial charge in [0.2, 0.25) is 0 Å². The number of ether oxygens (including phenoxy) is 1. The average molecular weight is 344 g/mol. The Morgan fingerprint density at radius 1 is 1.16 bits per heavy atom. The fourth-order valence-electron chi connectivity index (χ4n) is 2.99. The Kier molecular flexibility index (Phi) is 5.73. The summed E-state index contributed by atoms with van der Waals surface area (Å²) in [7, 11) is 0. The standard InChI is InChI=1S/C19H24N2O4/c22-14-19(7-10-24-11-8-19)13-21-18(23)16-5-1-2-6-17(16)20-12-15-4-3-9-25-15/h1-6,9,20,22H,7-8,10-14H2,(H,21,23). The Hall–Kier alpha value is -2.31. The number of furan rings is 1. The van der Waals surface area contributed by atoms with E-state index in [4.69, 9.17) is 9.15 Å². The molecule has 0 spiro atoms. The fraction of sp³-hybridized carbons (Fsp3) is 0.421. The summed E-state index contributed by atoms with van der Waals surface area (Å²) in [6, 6.07) is 11.1. The summed E-state index contributed by atoms with van der Waals surface area (Å²) in [6.07, 6.45) is 3.13. The highest BCUT2D eigenvalue weighted by Gasteiger charge is 2.32. The number of rotatable bonds is 7. The lowest BCUT2D eigenvalue weighted by molar-refractivity contribution is -0.0146. The van der Waals surface area contributed by atoms with Crippen molar-refractivity contribution >= 4 is 11.6 Å². The summed E-state index contributed by atoms with van der Waals surface area (Å²) in [5.41, 5.74) is 1.04. The predicted octanol–water partition coefficient (Wildman–Crippen LogP) is 2.41. The minimum absolute atomic E-state index is 0.0506. The number of amides is 1. The molecule has 134 valence electrons. The monoisotopic (exact) mass is 344 g/mol. The van der Waals surface area contributed by atoms with Crippen molar-refractivity contribution in [3.05, 3.63) is 54.0 Å². The molecular weight excluding hydrogens is 320 g/mol. The molecule has 6 heteroatoms. The molecular formula is C19H24N2O4. The molecule has 1 amide bonds. The minimum Gasteiger partial charge on any atom is -0.467 e. The van der Waals surface area contributed by atoms with Gasteiger partial charge in [-0.05, 0) is 37.1 Å². The first kappa shape index (κ1) is 17.5. The number of aliphatic hydroxyl groups is 1. The van der Waals surface area contributed by atoms with Gasteiger partial charge in [0.15, 0.2) is 0 Å². The molecule has 0 saturated carbocycles. The number of hydrogen-bond donors (Lipinski definition) is 3. The van der Waals surface area contributed by atoms with E-state index < -0.39 is 0 Å². The smallest absolute Gasteiger partial charge is 0.253 e. The van der Waals surface area contributed by atoms with Crippen LogP contribution in [0.4, 0.5) is 5.69 Å². The molecule has 1 aliphatic rings. The van der Waals surface area contributed by atoms with Gasteiger partial charge in [-0.3, -0.25) is 4.79 Å². The van der Waals surface area contributed by atoms with Crippen molar-refractivity contribution < 1.29 is 19.1 Å². The van der Waals surface area contributed by atoms with Crippen LogP contribution in [-0.2, 0) is 11.3 Å². The molecule has 6 nitrogen and oxygen atoms in total. The molecule has 0 radical (unpaired) electrons. The molecule has 1 saturated heterocycles. The highest BCUT2D eigenvalue weighted by atomic mass is 16.5. The zero-order valence-electron chi connectivity index (χ0n) is 14.2. The summed E-state index contributed by atoms with van der Waals surface area (Å²) >= 11 is 0. The zero-order chi connectivity index (χ0) is 17.5. The summed E-state index contributed by atoms with van der Waals surface area (Å²) in [6.45, 7) is 2.25. The van der Waals surface area contributed by atoms with Crippen LogP contribution in [0.2, 0.25) is 0 Å².